The molecular formula is C12H11FN2O6. The number of nitro groups is 1. The second-order valence-electron chi connectivity index (χ2n) is 4.35. The van der Waals surface area contributed by atoms with Crippen LogP contribution in [-0.2, 0) is 9.53 Å². The van der Waals surface area contributed by atoms with Crippen LogP contribution in [0.25, 0.3) is 0 Å². The second-order valence-corrected chi connectivity index (χ2v) is 4.35. The molecule has 0 saturated carbocycles. The van der Waals surface area contributed by atoms with Crippen LogP contribution >= 0.6 is 0 Å². The molecule has 0 radical (unpaired) electrons. The molecule has 1 atom stereocenters. The Morgan fingerprint density at radius 2 is 2.19 bits per heavy atom. The summed E-state index contributed by atoms with van der Waals surface area (Å²) in [6, 6.07) is 1.54. The number of nitrogens with zero attached hydrogens (tertiary/aromatic N) is 2. The Morgan fingerprint density at radius 1 is 1.48 bits per heavy atom. The number of benzene rings is 1. The van der Waals surface area contributed by atoms with Crippen LogP contribution in [0.3, 0.4) is 0 Å². The molecule has 1 N–H and O–H groups in total. The summed E-state index contributed by atoms with van der Waals surface area (Å²) in [6.07, 6.45) is 0. The number of morpholine rings is 1. The summed E-state index contributed by atoms with van der Waals surface area (Å²) in [5.74, 6) is -3.09. The standard InChI is InChI=1S/C12H11FN2O6/c13-8-5-7(1-2-9(8)15(19)20)11(16)14-3-4-21-6-10(14)12(17)18/h1-2,5,10H,3-4,6H2,(H,17,18). The Kier molecular flexibility index (Phi) is 4.13. The van der Waals surface area contributed by atoms with Gasteiger partial charge in [-0.3, -0.25) is 14.9 Å². The van der Waals surface area contributed by atoms with Crippen molar-refractivity contribution in [1.29, 1.82) is 0 Å². The van der Waals surface area contributed by atoms with Crippen LogP contribution in [0.5, 0.6) is 0 Å². The predicted molar refractivity (Wildman–Crippen MR) is 66.3 cm³/mol. The van der Waals surface area contributed by atoms with Crippen molar-refractivity contribution in [1.82, 2.24) is 4.90 Å². The topological polar surface area (TPSA) is 110 Å². The molecule has 112 valence electrons. The summed E-state index contributed by atoms with van der Waals surface area (Å²) in [5, 5.41) is 19.6. The van der Waals surface area contributed by atoms with Gasteiger partial charge in [-0.05, 0) is 12.1 Å². The highest BCUT2D eigenvalue weighted by atomic mass is 19.1. The largest absolute Gasteiger partial charge is 0.480 e. The monoisotopic (exact) mass is 298 g/mol. The van der Waals surface area contributed by atoms with Crippen LogP contribution in [0.1, 0.15) is 10.4 Å². The highest BCUT2D eigenvalue weighted by Crippen LogP contribution is 2.20. The van der Waals surface area contributed by atoms with Gasteiger partial charge in [0.15, 0.2) is 6.04 Å². The lowest BCUT2D eigenvalue weighted by molar-refractivity contribution is -0.387. The zero-order valence-electron chi connectivity index (χ0n) is 10.7. The maximum absolute atomic E-state index is 13.5. The molecule has 2 rings (SSSR count). The first-order valence-electron chi connectivity index (χ1n) is 5.97. The maximum atomic E-state index is 13.5. The molecule has 8 nitrogen and oxygen atoms in total. The summed E-state index contributed by atoms with van der Waals surface area (Å²) in [6.45, 7) is 0.0654. The highest BCUT2D eigenvalue weighted by Gasteiger charge is 2.33. The van der Waals surface area contributed by atoms with Crippen molar-refractivity contribution in [2.24, 2.45) is 0 Å². The van der Waals surface area contributed by atoms with Gasteiger partial charge in [0, 0.05) is 18.2 Å². The van der Waals surface area contributed by atoms with E-state index in [-0.39, 0.29) is 25.3 Å². The van der Waals surface area contributed by atoms with E-state index in [1.54, 1.807) is 0 Å². The Labute approximate surface area is 117 Å². The highest BCUT2D eigenvalue weighted by molar-refractivity contribution is 5.97. The SMILES string of the molecule is O=C(O)C1COCCN1C(=O)c1ccc([N+](=O)[O-])c(F)c1. The number of nitro benzene ring substituents is 1. The van der Waals surface area contributed by atoms with Gasteiger partial charge in [0.2, 0.25) is 5.82 Å². The number of carboxylic acids is 1. The maximum Gasteiger partial charge on any atom is 0.328 e. The van der Waals surface area contributed by atoms with Crippen LogP contribution < -0.4 is 0 Å². The van der Waals surface area contributed by atoms with Crippen molar-refractivity contribution in [3.63, 3.8) is 0 Å². The van der Waals surface area contributed by atoms with Crippen molar-refractivity contribution in [3.8, 4) is 0 Å². The number of rotatable bonds is 3. The lowest BCUT2D eigenvalue weighted by Crippen LogP contribution is -2.52. The van der Waals surface area contributed by atoms with E-state index in [2.05, 4.69) is 0 Å². The van der Waals surface area contributed by atoms with Gasteiger partial charge < -0.3 is 14.7 Å². The van der Waals surface area contributed by atoms with Gasteiger partial charge in [-0.2, -0.15) is 4.39 Å². The average molecular weight is 298 g/mol. The smallest absolute Gasteiger partial charge is 0.328 e. The fourth-order valence-electron chi connectivity index (χ4n) is 2.01. The Bertz CT molecular complexity index is 605. The van der Waals surface area contributed by atoms with Gasteiger partial charge in [0.1, 0.15) is 0 Å². The third-order valence-electron chi connectivity index (χ3n) is 3.07. The van der Waals surface area contributed by atoms with E-state index in [0.717, 1.165) is 23.1 Å². The minimum atomic E-state index is -1.23. The molecule has 9 heteroatoms. The Morgan fingerprint density at radius 3 is 2.76 bits per heavy atom. The number of carbonyl (C=O) groups is 2. The Balaban J connectivity index is 2.28. The van der Waals surface area contributed by atoms with Gasteiger partial charge in [0.05, 0.1) is 18.1 Å². The van der Waals surface area contributed by atoms with E-state index < -0.39 is 34.3 Å². The van der Waals surface area contributed by atoms with Crippen LogP contribution in [0.2, 0.25) is 0 Å². The molecule has 1 unspecified atom stereocenters. The predicted octanol–water partition coefficient (Wildman–Crippen LogP) is 0.659. The van der Waals surface area contributed by atoms with Gasteiger partial charge in [0.25, 0.3) is 5.91 Å². The molecule has 1 amide bonds. The molecule has 1 aliphatic rings. The average Bonchev–Trinajstić information content (AvgIpc) is 2.45. The van der Waals surface area contributed by atoms with Crippen molar-refractivity contribution in [2.45, 2.75) is 6.04 Å². The minimum absolute atomic E-state index is 0.0500. The van der Waals surface area contributed by atoms with E-state index in [1.165, 1.54) is 0 Å². The number of hydrogen-bond donors (Lipinski definition) is 1. The molecule has 0 bridgehead atoms. The number of carbonyl (C=O) groups excluding carboxylic acids is 1. The molecule has 21 heavy (non-hydrogen) atoms. The molecular weight excluding hydrogens is 287 g/mol. The van der Waals surface area contributed by atoms with Crippen molar-refractivity contribution in [3.05, 3.63) is 39.7 Å². The number of aliphatic carboxylic acids is 1. The number of amides is 1. The van der Waals surface area contributed by atoms with Gasteiger partial charge in [-0.1, -0.05) is 0 Å². The lowest BCUT2D eigenvalue weighted by Gasteiger charge is -2.32. The number of hydrogen-bond acceptors (Lipinski definition) is 5. The summed E-state index contributed by atoms with van der Waals surface area (Å²) in [4.78, 5) is 34.0. The van der Waals surface area contributed by atoms with E-state index in [1.807, 2.05) is 0 Å². The molecule has 1 aromatic carbocycles. The minimum Gasteiger partial charge on any atom is -0.480 e. The number of ether oxygens (including phenoxy) is 1. The molecule has 0 aliphatic carbocycles. The third kappa shape index (κ3) is 2.97. The van der Waals surface area contributed by atoms with Crippen molar-refractivity contribution in [2.75, 3.05) is 19.8 Å². The summed E-state index contributed by atoms with van der Waals surface area (Å²) < 4.78 is 18.5. The fraction of sp³-hybridized carbons (Fsp3) is 0.333. The van der Waals surface area contributed by atoms with Gasteiger partial charge in [-0.15, -0.1) is 0 Å². The van der Waals surface area contributed by atoms with E-state index in [4.69, 9.17) is 9.84 Å². The molecule has 1 aliphatic heterocycles. The molecule has 1 saturated heterocycles. The zero-order chi connectivity index (χ0) is 15.6. The van der Waals surface area contributed by atoms with E-state index in [0.29, 0.717) is 0 Å². The first-order valence-corrected chi connectivity index (χ1v) is 5.97. The first kappa shape index (κ1) is 14.9. The first-order chi connectivity index (χ1) is 9.91. The zero-order valence-corrected chi connectivity index (χ0v) is 10.7. The normalized spacial score (nSPS) is 18.3. The number of carboxylic acid groups (broad SMARTS) is 1. The van der Waals surface area contributed by atoms with Crippen LogP contribution in [0, 0.1) is 15.9 Å². The van der Waals surface area contributed by atoms with Crippen molar-refractivity contribution < 1.29 is 28.7 Å². The van der Waals surface area contributed by atoms with E-state index >= 15 is 0 Å². The van der Waals surface area contributed by atoms with Crippen molar-refractivity contribution >= 4 is 17.6 Å². The van der Waals surface area contributed by atoms with Crippen LogP contribution in [-0.4, -0.2) is 52.6 Å². The van der Waals surface area contributed by atoms with E-state index in [9.17, 15) is 24.1 Å². The van der Waals surface area contributed by atoms with Gasteiger partial charge in [-0.25, -0.2) is 4.79 Å². The molecule has 1 heterocycles. The van der Waals surface area contributed by atoms with Gasteiger partial charge >= 0.3 is 11.7 Å². The summed E-state index contributed by atoms with van der Waals surface area (Å²) in [5.41, 5.74) is -0.894. The molecule has 1 fully saturated rings. The van der Waals surface area contributed by atoms with Crippen LogP contribution in [0.4, 0.5) is 10.1 Å². The lowest BCUT2D eigenvalue weighted by atomic mass is 10.1. The third-order valence-corrected chi connectivity index (χ3v) is 3.07. The second kappa shape index (κ2) is 5.83. The molecule has 0 aromatic heterocycles. The molecule has 1 aromatic rings. The summed E-state index contributed by atoms with van der Waals surface area (Å²) in [7, 11) is 0. The fourth-order valence-corrected chi connectivity index (χ4v) is 2.01. The Hall–Kier alpha value is -2.55. The molecule has 0 spiro atoms. The number of halogens is 1. The summed E-state index contributed by atoms with van der Waals surface area (Å²) >= 11 is 0. The quantitative estimate of drug-likeness (QED) is 0.648. The van der Waals surface area contributed by atoms with Crippen LogP contribution in [0.15, 0.2) is 18.2 Å².